The van der Waals surface area contributed by atoms with E-state index in [1.54, 1.807) is 0 Å². The van der Waals surface area contributed by atoms with Crippen molar-refractivity contribution in [2.24, 2.45) is 17.6 Å². The Kier molecular flexibility index (Phi) is 1.65. The summed E-state index contributed by atoms with van der Waals surface area (Å²) in [5.74, 6) is 0.851. The van der Waals surface area contributed by atoms with Crippen LogP contribution in [0.4, 0.5) is 0 Å². The first kappa shape index (κ1) is 8.05. The molecule has 2 saturated carbocycles. The zero-order valence-corrected chi connectivity index (χ0v) is 7.38. The monoisotopic (exact) mass is 169 g/mol. The lowest BCUT2D eigenvalue weighted by molar-refractivity contribution is -0.149. The van der Waals surface area contributed by atoms with Gasteiger partial charge in [-0.3, -0.25) is 4.79 Å². The van der Waals surface area contributed by atoms with Gasteiger partial charge in [0.15, 0.2) is 0 Å². The molecule has 0 aromatic rings. The maximum atomic E-state index is 11.4. The van der Waals surface area contributed by atoms with Gasteiger partial charge in [-0.1, -0.05) is 6.42 Å². The van der Waals surface area contributed by atoms with E-state index in [2.05, 4.69) is 0 Å². The fourth-order valence-corrected chi connectivity index (χ4v) is 2.81. The standard InChI is InChI=1S/C9H15NO2/c1-12-8(11)9(10)5-6-2-3-7(9)4-6/h6-7H,2-5,10H2,1H3/t6-,7+,9-/m1/s1. The Bertz CT molecular complexity index is 217. The summed E-state index contributed by atoms with van der Waals surface area (Å²) in [5, 5.41) is 0. The van der Waals surface area contributed by atoms with E-state index in [0.717, 1.165) is 19.3 Å². The van der Waals surface area contributed by atoms with Crippen molar-refractivity contribution in [3.63, 3.8) is 0 Å². The molecular formula is C9H15NO2. The van der Waals surface area contributed by atoms with Crippen LogP contribution in [0.1, 0.15) is 25.7 Å². The number of ether oxygens (including phenoxy) is 1. The fourth-order valence-electron chi connectivity index (χ4n) is 2.81. The molecule has 3 heteroatoms. The molecule has 0 aromatic heterocycles. The molecule has 2 N–H and O–H groups in total. The highest BCUT2D eigenvalue weighted by atomic mass is 16.5. The Balaban J connectivity index is 2.17. The Hall–Kier alpha value is -0.570. The Morgan fingerprint density at radius 3 is 2.75 bits per heavy atom. The molecule has 0 unspecified atom stereocenters. The van der Waals surface area contributed by atoms with Crippen LogP contribution in [0, 0.1) is 11.8 Å². The normalized spacial score (nSPS) is 44.8. The van der Waals surface area contributed by atoms with Crippen molar-refractivity contribution in [2.45, 2.75) is 31.2 Å². The summed E-state index contributed by atoms with van der Waals surface area (Å²) >= 11 is 0. The molecule has 2 rings (SSSR count). The highest BCUT2D eigenvalue weighted by Crippen LogP contribution is 2.49. The fraction of sp³-hybridized carbons (Fsp3) is 0.889. The smallest absolute Gasteiger partial charge is 0.326 e. The first-order chi connectivity index (χ1) is 5.66. The van der Waals surface area contributed by atoms with E-state index in [-0.39, 0.29) is 5.97 Å². The van der Waals surface area contributed by atoms with Crippen LogP contribution in [0.15, 0.2) is 0 Å². The number of carbonyl (C=O) groups excluding carboxylic acids is 1. The van der Waals surface area contributed by atoms with Crippen LogP contribution in [-0.2, 0) is 9.53 Å². The molecule has 2 aliphatic rings. The minimum atomic E-state index is -0.641. The first-order valence-corrected chi connectivity index (χ1v) is 4.54. The molecule has 0 aliphatic heterocycles. The van der Waals surface area contributed by atoms with Crippen molar-refractivity contribution in [1.82, 2.24) is 0 Å². The second-order valence-corrected chi connectivity index (χ2v) is 4.11. The second kappa shape index (κ2) is 2.46. The van der Waals surface area contributed by atoms with Crippen LogP contribution < -0.4 is 5.73 Å². The van der Waals surface area contributed by atoms with Gasteiger partial charge in [-0.25, -0.2) is 0 Å². The summed E-state index contributed by atoms with van der Waals surface area (Å²) in [7, 11) is 1.42. The lowest BCUT2D eigenvalue weighted by Gasteiger charge is -2.30. The SMILES string of the molecule is COC(=O)[C@@]1(N)C[C@@H]2CC[C@H]1C2. The maximum Gasteiger partial charge on any atom is 0.326 e. The van der Waals surface area contributed by atoms with Crippen LogP contribution >= 0.6 is 0 Å². The van der Waals surface area contributed by atoms with Crippen molar-refractivity contribution in [3.8, 4) is 0 Å². The highest BCUT2D eigenvalue weighted by Gasteiger charge is 2.53. The topological polar surface area (TPSA) is 52.3 Å². The van der Waals surface area contributed by atoms with Gasteiger partial charge < -0.3 is 10.5 Å². The Morgan fingerprint density at radius 2 is 2.33 bits per heavy atom. The molecule has 0 saturated heterocycles. The van der Waals surface area contributed by atoms with Gasteiger partial charge in [-0.15, -0.1) is 0 Å². The average molecular weight is 169 g/mol. The third kappa shape index (κ3) is 0.891. The third-order valence-electron chi connectivity index (χ3n) is 3.46. The van der Waals surface area contributed by atoms with Crippen LogP contribution in [0.2, 0.25) is 0 Å². The molecule has 0 radical (unpaired) electrons. The molecule has 0 heterocycles. The summed E-state index contributed by atoms with van der Waals surface area (Å²) in [6, 6.07) is 0. The van der Waals surface area contributed by atoms with E-state index in [1.165, 1.54) is 13.5 Å². The summed E-state index contributed by atoms with van der Waals surface area (Å²) in [6.07, 6.45) is 4.33. The summed E-state index contributed by atoms with van der Waals surface area (Å²) in [4.78, 5) is 11.4. The van der Waals surface area contributed by atoms with Crippen molar-refractivity contribution >= 4 is 5.97 Å². The van der Waals surface area contributed by atoms with E-state index in [9.17, 15) is 4.79 Å². The maximum absolute atomic E-state index is 11.4. The van der Waals surface area contributed by atoms with Crippen LogP contribution in [-0.4, -0.2) is 18.6 Å². The van der Waals surface area contributed by atoms with E-state index in [1.807, 2.05) is 0 Å². The lowest BCUT2D eigenvalue weighted by Crippen LogP contribution is -2.52. The minimum Gasteiger partial charge on any atom is -0.468 e. The predicted octanol–water partition coefficient (Wildman–Crippen LogP) is 0.677. The molecule has 2 fully saturated rings. The van der Waals surface area contributed by atoms with E-state index < -0.39 is 5.54 Å². The number of esters is 1. The van der Waals surface area contributed by atoms with Crippen LogP contribution in [0.25, 0.3) is 0 Å². The lowest BCUT2D eigenvalue weighted by atomic mass is 9.82. The molecule has 0 spiro atoms. The number of methoxy groups -OCH3 is 1. The molecule has 3 nitrogen and oxygen atoms in total. The summed E-state index contributed by atoms with van der Waals surface area (Å²) in [5.41, 5.74) is 5.38. The number of carbonyl (C=O) groups is 1. The highest BCUT2D eigenvalue weighted by molar-refractivity contribution is 5.81. The second-order valence-electron chi connectivity index (χ2n) is 4.11. The summed E-state index contributed by atoms with van der Waals surface area (Å²) < 4.78 is 4.73. The summed E-state index contributed by atoms with van der Waals surface area (Å²) in [6.45, 7) is 0. The van der Waals surface area contributed by atoms with Crippen molar-refractivity contribution in [2.75, 3.05) is 7.11 Å². The zero-order valence-electron chi connectivity index (χ0n) is 7.38. The molecule has 2 aliphatic carbocycles. The van der Waals surface area contributed by atoms with Gasteiger partial charge in [0.05, 0.1) is 7.11 Å². The van der Waals surface area contributed by atoms with Crippen molar-refractivity contribution in [1.29, 1.82) is 0 Å². The van der Waals surface area contributed by atoms with Crippen molar-refractivity contribution < 1.29 is 9.53 Å². The zero-order chi connectivity index (χ0) is 8.77. The van der Waals surface area contributed by atoms with Gasteiger partial charge in [0.1, 0.15) is 5.54 Å². The molecule has 0 aromatic carbocycles. The molecule has 0 amide bonds. The molecule has 2 bridgehead atoms. The van der Waals surface area contributed by atoms with Gasteiger partial charge in [0.25, 0.3) is 0 Å². The van der Waals surface area contributed by atoms with E-state index in [0.29, 0.717) is 11.8 Å². The number of nitrogens with two attached hydrogens (primary N) is 1. The van der Waals surface area contributed by atoms with Gasteiger partial charge in [0, 0.05) is 0 Å². The number of rotatable bonds is 1. The van der Waals surface area contributed by atoms with E-state index in [4.69, 9.17) is 10.5 Å². The number of hydrogen-bond acceptors (Lipinski definition) is 3. The third-order valence-corrected chi connectivity index (χ3v) is 3.46. The van der Waals surface area contributed by atoms with Gasteiger partial charge in [-0.2, -0.15) is 0 Å². The Morgan fingerprint density at radius 1 is 1.58 bits per heavy atom. The minimum absolute atomic E-state index is 0.213. The van der Waals surface area contributed by atoms with Crippen LogP contribution in [0.3, 0.4) is 0 Å². The van der Waals surface area contributed by atoms with Crippen LogP contribution in [0.5, 0.6) is 0 Å². The van der Waals surface area contributed by atoms with Gasteiger partial charge in [-0.05, 0) is 31.1 Å². The quantitative estimate of drug-likeness (QED) is 0.587. The largest absolute Gasteiger partial charge is 0.468 e. The molecule has 3 atom stereocenters. The predicted molar refractivity (Wildman–Crippen MR) is 44.4 cm³/mol. The molecule has 12 heavy (non-hydrogen) atoms. The molecular weight excluding hydrogens is 154 g/mol. The average Bonchev–Trinajstić information content (AvgIpc) is 2.62. The molecule has 68 valence electrons. The van der Waals surface area contributed by atoms with Crippen molar-refractivity contribution in [3.05, 3.63) is 0 Å². The van der Waals surface area contributed by atoms with E-state index >= 15 is 0 Å². The first-order valence-electron chi connectivity index (χ1n) is 4.54. The number of hydrogen-bond donors (Lipinski definition) is 1. The number of fused-ring (bicyclic) bond motifs is 2. The Labute approximate surface area is 72.3 Å². The van der Waals surface area contributed by atoms with Gasteiger partial charge >= 0.3 is 5.97 Å². The van der Waals surface area contributed by atoms with Gasteiger partial charge in [0.2, 0.25) is 0 Å².